The third-order valence-electron chi connectivity index (χ3n) is 4.35. The largest absolute Gasteiger partial charge is 0.388 e. The van der Waals surface area contributed by atoms with E-state index in [1.807, 2.05) is 13.0 Å². The summed E-state index contributed by atoms with van der Waals surface area (Å²) in [4.78, 5) is 11.0. The van der Waals surface area contributed by atoms with Crippen molar-refractivity contribution in [1.82, 2.24) is 15.3 Å². The highest BCUT2D eigenvalue weighted by Gasteiger charge is 2.39. The monoisotopic (exact) mass is 262 g/mol. The minimum atomic E-state index is -0.0881. The van der Waals surface area contributed by atoms with E-state index in [0.717, 1.165) is 37.7 Å². The van der Waals surface area contributed by atoms with Crippen molar-refractivity contribution < 1.29 is 5.11 Å². The van der Waals surface area contributed by atoms with Gasteiger partial charge in [0.15, 0.2) is 5.82 Å². The number of aromatic nitrogens is 2. The van der Waals surface area contributed by atoms with Gasteiger partial charge in [-0.3, -0.25) is 0 Å². The molecule has 0 aliphatic carbocycles. The molecule has 2 N–H and O–H groups in total. The number of hydrogen-bond donors (Lipinski definition) is 2. The smallest absolute Gasteiger partial charge is 0.156 e. The predicted octanol–water partition coefficient (Wildman–Crippen LogP) is 0.857. The number of nitrogens with one attached hydrogen (secondary N) is 1. The number of aryl methyl sites for hydroxylation is 1. The van der Waals surface area contributed by atoms with Gasteiger partial charge >= 0.3 is 0 Å². The van der Waals surface area contributed by atoms with E-state index in [0.29, 0.717) is 11.2 Å². The Labute approximate surface area is 114 Å². The number of aliphatic hydroxyl groups excluding tert-OH is 1. The highest BCUT2D eigenvalue weighted by Crippen LogP contribution is 2.37. The summed E-state index contributed by atoms with van der Waals surface area (Å²) in [6.07, 6.45) is 3.82. The van der Waals surface area contributed by atoms with E-state index in [4.69, 9.17) is 0 Å². The van der Waals surface area contributed by atoms with Crippen LogP contribution in [0.15, 0.2) is 6.07 Å². The second-order valence-electron chi connectivity index (χ2n) is 5.89. The van der Waals surface area contributed by atoms with Crippen molar-refractivity contribution in [2.75, 3.05) is 31.1 Å². The lowest BCUT2D eigenvalue weighted by Gasteiger charge is -2.34. The summed E-state index contributed by atoms with van der Waals surface area (Å²) in [5.74, 6) is 1.50. The van der Waals surface area contributed by atoms with Gasteiger partial charge in [-0.25, -0.2) is 9.97 Å². The zero-order valence-electron chi connectivity index (χ0n) is 11.5. The first kappa shape index (κ1) is 12.8. The van der Waals surface area contributed by atoms with E-state index in [1.165, 1.54) is 19.3 Å². The molecule has 0 bridgehead atoms. The fraction of sp³-hybridized carbons (Fsp3) is 0.714. The molecular weight excluding hydrogens is 240 g/mol. The molecule has 1 spiro atoms. The van der Waals surface area contributed by atoms with Crippen molar-refractivity contribution >= 4 is 5.82 Å². The molecule has 0 amide bonds. The average molecular weight is 262 g/mol. The van der Waals surface area contributed by atoms with Crippen LogP contribution in [0, 0.1) is 12.3 Å². The van der Waals surface area contributed by atoms with Crippen LogP contribution < -0.4 is 10.2 Å². The molecule has 3 rings (SSSR count). The zero-order valence-corrected chi connectivity index (χ0v) is 11.5. The van der Waals surface area contributed by atoms with E-state index in [9.17, 15) is 5.11 Å². The molecule has 19 heavy (non-hydrogen) atoms. The van der Waals surface area contributed by atoms with E-state index in [-0.39, 0.29) is 6.61 Å². The summed E-state index contributed by atoms with van der Waals surface area (Å²) in [7, 11) is 0. The lowest BCUT2D eigenvalue weighted by molar-refractivity contribution is 0.239. The number of nitrogens with zero attached hydrogens (tertiary/aromatic N) is 3. The molecule has 0 radical (unpaired) electrons. The van der Waals surface area contributed by atoms with Crippen molar-refractivity contribution in [2.45, 2.75) is 32.8 Å². The molecule has 2 aliphatic rings. The summed E-state index contributed by atoms with van der Waals surface area (Å²) in [6, 6.07) is 2.02. The highest BCUT2D eigenvalue weighted by atomic mass is 16.3. The number of rotatable bonds is 2. The van der Waals surface area contributed by atoms with E-state index < -0.39 is 0 Å². The van der Waals surface area contributed by atoms with Gasteiger partial charge < -0.3 is 15.3 Å². The molecule has 3 heterocycles. The van der Waals surface area contributed by atoms with Crippen LogP contribution in [-0.4, -0.2) is 41.3 Å². The zero-order chi connectivity index (χ0) is 13.3. The van der Waals surface area contributed by atoms with Crippen LogP contribution in [0.4, 0.5) is 5.82 Å². The quantitative estimate of drug-likeness (QED) is 0.827. The van der Waals surface area contributed by atoms with Crippen LogP contribution in [-0.2, 0) is 6.61 Å². The molecule has 2 saturated heterocycles. The minimum absolute atomic E-state index is 0.0881. The van der Waals surface area contributed by atoms with Crippen molar-refractivity contribution in [3.8, 4) is 0 Å². The van der Waals surface area contributed by atoms with Crippen LogP contribution >= 0.6 is 0 Å². The Hall–Kier alpha value is -1.20. The van der Waals surface area contributed by atoms with Crippen LogP contribution in [0.1, 0.15) is 30.8 Å². The maximum atomic E-state index is 9.22. The molecular formula is C14H22N4O. The third kappa shape index (κ3) is 2.58. The van der Waals surface area contributed by atoms with Crippen molar-refractivity contribution in [3.63, 3.8) is 0 Å². The van der Waals surface area contributed by atoms with Crippen LogP contribution in [0.3, 0.4) is 0 Å². The van der Waals surface area contributed by atoms with E-state index >= 15 is 0 Å². The van der Waals surface area contributed by atoms with Gasteiger partial charge in [0.25, 0.3) is 0 Å². The number of hydrogen-bond acceptors (Lipinski definition) is 5. The minimum Gasteiger partial charge on any atom is -0.388 e. The Kier molecular flexibility index (Phi) is 3.41. The molecule has 2 aliphatic heterocycles. The first-order valence-electron chi connectivity index (χ1n) is 7.12. The summed E-state index contributed by atoms with van der Waals surface area (Å²) < 4.78 is 0. The Morgan fingerprint density at radius 3 is 3.05 bits per heavy atom. The predicted molar refractivity (Wildman–Crippen MR) is 74.1 cm³/mol. The third-order valence-corrected chi connectivity index (χ3v) is 4.35. The number of aliphatic hydroxyl groups is 1. The second-order valence-corrected chi connectivity index (χ2v) is 5.89. The molecule has 5 nitrogen and oxygen atoms in total. The SMILES string of the molecule is Cc1cc(N2CCC3(CCCNC3)C2)nc(CO)n1. The molecule has 1 aromatic rings. The topological polar surface area (TPSA) is 61.3 Å². The molecule has 1 atom stereocenters. The van der Waals surface area contributed by atoms with E-state index in [1.54, 1.807) is 0 Å². The Morgan fingerprint density at radius 2 is 2.32 bits per heavy atom. The lowest BCUT2D eigenvalue weighted by atomic mass is 9.80. The van der Waals surface area contributed by atoms with Gasteiger partial charge in [-0.2, -0.15) is 0 Å². The highest BCUT2D eigenvalue weighted by molar-refractivity contribution is 5.41. The van der Waals surface area contributed by atoms with Gasteiger partial charge in [-0.15, -0.1) is 0 Å². The molecule has 1 unspecified atom stereocenters. The summed E-state index contributed by atoms with van der Waals surface area (Å²) in [5.41, 5.74) is 1.35. The standard InChI is InChI=1S/C14H22N4O/c1-11-7-13(17-12(8-19)16-11)18-6-4-14(10-18)3-2-5-15-9-14/h7,15,19H,2-6,8-10H2,1H3. The maximum Gasteiger partial charge on any atom is 0.156 e. The van der Waals surface area contributed by atoms with Crippen LogP contribution in [0.25, 0.3) is 0 Å². The second kappa shape index (κ2) is 5.06. The van der Waals surface area contributed by atoms with Crippen molar-refractivity contribution in [1.29, 1.82) is 0 Å². The van der Waals surface area contributed by atoms with Gasteiger partial charge in [0.2, 0.25) is 0 Å². The fourth-order valence-electron chi connectivity index (χ4n) is 3.35. The summed E-state index contributed by atoms with van der Waals surface area (Å²) in [5, 5.41) is 12.7. The fourth-order valence-corrected chi connectivity index (χ4v) is 3.35. The van der Waals surface area contributed by atoms with E-state index in [2.05, 4.69) is 20.2 Å². The van der Waals surface area contributed by atoms with Gasteiger partial charge in [0, 0.05) is 36.8 Å². The van der Waals surface area contributed by atoms with Crippen molar-refractivity contribution in [2.24, 2.45) is 5.41 Å². The molecule has 1 aromatic heterocycles. The first-order chi connectivity index (χ1) is 9.21. The lowest BCUT2D eigenvalue weighted by Crippen LogP contribution is -2.42. The number of anilines is 1. The average Bonchev–Trinajstić information content (AvgIpc) is 2.83. The van der Waals surface area contributed by atoms with Gasteiger partial charge in [0.05, 0.1) is 0 Å². The number of piperidine rings is 1. The summed E-state index contributed by atoms with van der Waals surface area (Å²) in [6.45, 7) is 6.28. The molecule has 0 saturated carbocycles. The molecule has 104 valence electrons. The van der Waals surface area contributed by atoms with Crippen LogP contribution in [0.5, 0.6) is 0 Å². The van der Waals surface area contributed by atoms with Gasteiger partial charge in [-0.05, 0) is 32.7 Å². The molecule has 0 aromatic carbocycles. The van der Waals surface area contributed by atoms with Gasteiger partial charge in [0.1, 0.15) is 12.4 Å². The molecule has 5 heteroatoms. The Morgan fingerprint density at radius 1 is 1.42 bits per heavy atom. The normalized spacial score (nSPS) is 27.2. The van der Waals surface area contributed by atoms with Crippen LogP contribution in [0.2, 0.25) is 0 Å². The van der Waals surface area contributed by atoms with Gasteiger partial charge in [-0.1, -0.05) is 0 Å². The summed E-state index contributed by atoms with van der Waals surface area (Å²) >= 11 is 0. The Balaban J connectivity index is 1.78. The van der Waals surface area contributed by atoms with Crippen molar-refractivity contribution in [3.05, 3.63) is 17.6 Å². The first-order valence-corrected chi connectivity index (χ1v) is 7.12. The maximum absolute atomic E-state index is 9.22. The Bertz CT molecular complexity index is 457. The molecule has 2 fully saturated rings.